The lowest BCUT2D eigenvalue weighted by atomic mass is 10.1. The Morgan fingerprint density at radius 3 is 2.80 bits per heavy atom. The molecule has 1 aliphatic rings. The van der Waals surface area contributed by atoms with Gasteiger partial charge in [0.1, 0.15) is 5.01 Å². The summed E-state index contributed by atoms with van der Waals surface area (Å²) < 4.78 is 38.0. The van der Waals surface area contributed by atoms with Gasteiger partial charge in [-0.1, -0.05) is 12.1 Å². The minimum Gasteiger partial charge on any atom is -0.309 e. The van der Waals surface area contributed by atoms with Crippen molar-refractivity contribution in [2.24, 2.45) is 0 Å². The highest BCUT2D eigenvalue weighted by Crippen LogP contribution is 2.33. The summed E-state index contributed by atoms with van der Waals surface area (Å²) in [5, 5.41) is 3.99. The summed E-state index contributed by atoms with van der Waals surface area (Å²) in [5.74, 6) is 0. The first-order chi connectivity index (χ1) is 9.52. The van der Waals surface area contributed by atoms with Crippen molar-refractivity contribution in [3.05, 3.63) is 40.9 Å². The van der Waals surface area contributed by atoms with Crippen LogP contribution in [-0.4, -0.2) is 11.0 Å². The van der Waals surface area contributed by atoms with E-state index in [1.165, 1.54) is 30.2 Å². The number of hydrogen-bond donors (Lipinski definition) is 1. The Balaban J connectivity index is 1.78. The van der Waals surface area contributed by atoms with E-state index in [9.17, 15) is 13.2 Å². The molecule has 20 heavy (non-hydrogen) atoms. The molecule has 0 saturated heterocycles. The van der Waals surface area contributed by atoms with Crippen molar-refractivity contribution < 1.29 is 13.2 Å². The lowest BCUT2D eigenvalue weighted by Gasteiger charge is -2.07. The lowest BCUT2D eigenvalue weighted by molar-refractivity contribution is -0.137. The van der Waals surface area contributed by atoms with Gasteiger partial charge in [0.05, 0.1) is 5.56 Å². The van der Waals surface area contributed by atoms with Crippen molar-refractivity contribution in [3.63, 3.8) is 0 Å². The van der Waals surface area contributed by atoms with Crippen LogP contribution >= 0.6 is 11.3 Å². The van der Waals surface area contributed by atoms with Crippen LogP contribution in [0.3, 0.4) is 0 Å². The molecule has 0 bridgehead atoms. The van der Waals surface area contributed by atoms with E-state index in [2.05, 4.69) is 10.3 Å². The van der Waals surface area contributed by atoms with Gasteiger partial charge in [0.2, 0.25) is 0 Å². The lowest BCUT2D eigenvalue weighted by Crippen LogP contribution is -2.14. The maximum absolute atomic E-state index is 12.7. The van der Waals surface area contributed by atoms with Crippen molar-refractivity contribution in [1.82, 2.24) is 10.3 Å². The zero-order valence-electron chi connectivity index (χ0n) is 10.6. The molecule has 1 saturated carbocycles. The summed E-state index contributed by atoms with van der Waals surface area (Å²) in [7, 11) is 0. The predicted molar refractivity (Wildman–Crippen MR) is 72.4 cm³/mol. The Hall–Kier alpha value is -1.40. The Morgan fingerprint density at radius 2 is 2.10 bits per heavy atom. The van der Waals surface area contributed by atoms with Crippen molar-refractivity contribution in [1.29, 1.82) is 0 Å². The largest absolute Gasteiger partial charge is 0.416 e. The van der Waals surface area contributed by atoms with E-state index >= 15 is 0 Å². The topological polar surface area (TPSA) is 24.9 Å². The highest BCUT2D eigenvalue weighted by atomic mass is 32.1. The summed E-state index contributed by atoms with van der Waals surface area (Å²) in [6, 6.07) is 5.91. The van der Waals surface area contributed by atoms with Crippen LogP contribution in [0.5, 0.6) is 0 Å². The van der Waals surface area contributed by atoms with E-state index < -0.39 is 11.7 Å². The van der Waals surface area contributed by atoms with Gasteiger partial charge in [0.15, 0.2) is 0 Å². The highest BCUT2D eigenvalue weighted by molar-refractivity contribution is 7.15. The predicted octanol–water partition coefficient (Wildman–Crippen LogP) is 4.08. The van der Waals surface area contributed by atoms with Crippen molar-refractivity contribution in [2.45, 2.75) is 31.6 Å². The molecule has 0 unspecified atom stereocenters. The summed E-state index contributed by atoms with van der Waals surface area (Å²) in [6.07, 6.45) is -0.169. The van der Waals surface area contributed by atoms with E-state index in [0.717, 1.165) is 23.6 Å². The van der Waals surface area contributed by atoms with Gasteiger partial charge in [-0.2, -0.15) is 13.2 Å². The smallest absolute Gasteiger partial charge is 0.309 e. The normalized spacial score (nSPS) is 15.6. The summed E-state index contributed by atoms with van der Waals surface area (Å²) >= 11 is 1.43. The molecule has 0 aliphatic heterocycles. The van der Waals surface area contributed by atoms with Crippen LogP contribution in [0.2, 0.25) is 0 Å². The minimum atomic E-state index is -4.32. The van der Waals surface area contributed by atoms with E-state index in [1.54, 1.807) is 12.3 Å². The van der Waals surface area contributed by atoms with Crippen molar-refractivity contribution in [2.75, 3.05) is 0 Å². The first-order valence-electron chi connectivity index (χ1n) is 6.38. The molecule has 0 amide bonds. The molecule has 1 fully saturated rings. The number of nitrogens with zero attached hydrogens (tertiary/aromatic N) is 1. The average molecular weight is 298 g/mol. The van der Waals surface area contributed by atoms with Gasteiger partial charge in [-0.15, -0.1) is 11.3 Å². The van der Waals surface area contributed by atoms with E-state index in [-0.39, 0.29) is 0 Å². The Morgan fingerprint density at radius 1 is 1.30 bits per heavy atom. The summed E-state index contributed by atoms with van der Waals surface area (Å²) in [6.45, 7) is 0.737. The molecular formula is C14H13F3N2S. The van der Waals surface area contributed by atoms with Crippen LogP contribution in [0.4, 0.5) is 13.2 Å². The molecule has 0 spiro atoms. The summed E-state index contributed by atoms with van der Waals surface area (Å²) in [5.41, 5.74) is -0.120. The third kappa shape index (κ3) is 3.19. The molecule has 1 aromatic carbocycles. The molecule has 0 radical (unpaired) electrons. The SMILES string of the molecule is FC(F)(F)c1cccc(-c2ncc(CNC3CC3)s2)c1. The van der Waals surface area contributed by atoms with Crippen LogP contribution < -0.4 is 5.32 Å². The van der Waals surface area contributed by atoms with Gasteiger partial charge < -0.3 is 5.32 Å². The van der Waals surface area contributed by atoms with Crippen LogP contribution in [-0.2, 0) is 12.7 Å². The zero-order valence-corrected chi connectivity index (χ0v) is 11.4. The number of aromatic nitrogens is 1. The number of thiazole rings is 1. The number of alkyl halides is 3. The van der Waals surface area contributed by atoms with Gasteiger partial charge in [-0.25, -0.2) is 4.98 Å². The third-order valence-electron chi connectivity index (χ3n) is 3.13. The zero-order chi connectivity index (χ0) is 14.2. The van der Waals surface area contributed by atoms with E-state index in [1.807, 2.05) is 0 Å². The first kappa shape index (κ1) is 13.6. The molecule has 0 atom stereocenters. The summed E-state index contributed by atoms with van der Waals surface area (Å²) in [4.78, 5) is 5.26. The van der Waals surface area contributed by atoms with Crippen LogP contribution in [0.15, 0.2) is 30.5 Å². The average Bonchev–Trinajstić information content (AvgIpc) is 3.12. The van der Waals surface area contributed by atoms with E-state index in [0.29, 0.717) is 16.6 Å². The van der Waals surface area contributed by atoms with Crippen LogP contribution in [0, 0.1) is 0 Å². The van der Waals surface area contributed by atoms with Gasteiger partial charge in [0, 0.05) is 29.2 Å². The molecule has 106 valence electrons. The van der Waals surface area contributed by atoms with Gasteiger partial charge in [-0.3, -0.25) is 0 Å². The fourth-order valence-electron chi connectivity index (χ4n) is 1.88. The Labute approximate surface area is 118 Å². The third-order valence-corrected chi connectivity index (χ3v) is 4.18. The second-order valence-electron chi connectivity index (χ2n) is 4.87. The van der Waals surface area contributed by atoms with Gasteiger partial charge in [0.25, 0.3) is 0 Å². The van der Waals surface area contributed by atoms with Crippen molar-refractivity contribution >= 4 is 11.3 Å². The molecule has 1 aliphatic carbocycles. The molecule has 6 heteroatoms. The van der Waals surface area contributed by atoms with Crippen LogP contribution in [0.25, 0.3) is 10.6 Å². The van der Waals surface area contributed by atoms with E-state index in [4.69, 9.17) is 0 Å². The number of nitrogens with one attached hydrogen (secondary N) is 1. The number of halogens is 3. The molecule has 1 N–H and O–H groups in total. The maximum Gasteiger partial charge on any atom is 0.416 e. The minimum absolute atomic E-state index is 0.516. The number of rotatable bonds is 4. The fraction of sp³-hybridized carbons (Fsp3) is 0.357. The highest BCUT2D eigenvalue weighted by Gasteiger charge is 2.30. The molecule has 2 nitrogen and oxygen atoms in total. The quantitative estimate of drug-likeness (QED) is 0.920. The standard InChI is InChI=1S/C14H13F3N2S/c15-14(16,17)10-3-1-2-9(6-10)13-19-8-12(20-13)7-18-11-4-5-11/h1-3,6,8,11,18H,4-5,7H2. The maximum atomic E-state index is 12.7. The second kappa shape index (κ2) is 5.18. The fourth-order valence-corrected chi connectivity index (χ4v) is 2.74. The van der Waals surface area contributed by atoms with Gasteiger partial charge >= 0.3 is 6.18 Å². The molecule has 1 aromatic heterocycles. The second-order valence-corrected chi connectivity index (χ2v) is 5.98. The van der Waals surface area contributed by atoms with Gasteiger partial charge in [-0.05, 0) is 25.0 Å². The monoisotopic (exact) mass is 298 g/mol. The Kier molecular flexibility index (Phi) is 3.52. The van der Waals surface area contributed by atoms with Crippen molar-refractivity contribution in [3.8, 4) is 10.6 Å². The molecular weight excluding hydrogens is 285 g/mol. The molecule has 2 aromatic rings. The molecule has 3 rings (SSSR count). The first-order valence-corrected chi connectivity index (χ1v) is 7.20. The number of hydrogen-bond acceptors (Lipinski definition) is 3. The molecule has 1 heterocycles. The van der Waals surface area contributed by atoms with Crippen LogP contribution in [0.1, 0.15) is 23.3 Å². The Bertz CT molecular complexity index is 602. The number of benzene rings is 1.